The Morgan fingerprint density at radius 1 is 1.62 bits per heavy atom. The van der Waals surface area contributed by atoms with E-state index in [1.54, 1.807) is 11.3 Å². The van der Waals surface area contributed by atoms with Crippen molar-refractivity contribution in [3.63, 3.8) is 0 Å². The van der Waals surface area contributed by atoms with Crippen LogP contribution in [-0.4, -0.2) is 13.1 Å². The van der Waals surface area contributed by atoms with Crippen LogP contribution in [-0.2, 0) is 9.53 Å². The summed E-state index contributed by atoms with van der Waals surface area (Å²) in [5.41, 5.74) is 7.36. The van der Waals surface area contributed by atoms with E-state index in [0.29, 0.717) is 6.42 Å². The van der Waals surface area contributed by atoms with Crippen molar-refractivity contribution in [2.45, 2.75) is 32.7 Å². The van der Waals surface area contributed by atoms with Crippen molar-refractivity contribution in [3.8, 4) is 0 Å². The summed E-state index contributed by atoms with van der Waals surface area (Å²) in [5.74, 6) is 0.0894. The summed E-state index contributed by atoms with van der Waals surface area (Å²) in [6, 6.07) is 2.10. The van der Waals surface area contributed by atoms with E-state index in [4.69, 9.17) is 5.73 Å². The molecule has 16 heavy (non-hydrogen) atoms. The van der Waals surface area contributed by atoms with E-state index in [9.17, 15) is 4.79 Å². The molecule has 0 saturated heterocycles. The third-order valence-electron chi connectivity index (χ3n) is 2.64. The minimum Gasteiger partial charge on any atom is -0.469 e. The number of nitrogens with two attached hydrogens (primary N) is 1. The van der Waals surface area contributed by atoms with Crippen molar-refractivity contribution in [1.29, 1.82) is 0 Å². The quantitative estimate of drug-likeness (QED) is 0.806. The van der Waals surface area contributed by atoms with Gasteiger partial charge in [0.15, 0.2) is 0 Å². The van der Waals surface area contributed by atoms with Crippen molar-refractivity contribution in [3.05, 3.63) is 21.9 Å². The van der Waals surface area contributed by atoms with Gasteiger partial charge in [0.1, 0.15) is 0 Å². The van der Waals surface area contributed by atoms with E-state index in [0.717, 1.165) is 6.42 Å². The van der Waals surface area contributed by atoms with Crippen LogP contribution in [0.1, 0.15) is 36.2 Å². The van der Waals surface area contributed by atoms with Crippen molar-refractivity contribution < 1.29 is 9.53 Å². The third-order valence-corrected chi connectivity index (χ3v) is 3.79. The summed E-state index contributed by atoms with van der Waals surface area (Å²) in [5, 5.41) is 2.05. The first kappa shape index (κ1) is 13.2. The minimum atomic E-state index is -0.164. The van der Waals surface area contributed by atoms with Gasteiger partial charge in [0, 0.05) is 17.3 Å². The van der Waals surface area contributed by atoms with E-state index in [2.05, 4.69) is 23.1 Å². The zero-order chi connectivity index (χ0) is 12.1. The number of carbonyl (C=O) groups excluding carboxylic acids is 1. The molecule has 0 aromatic carbocycles. The lowest BCUT2D eigenvalue weighted by Crippen LogP contribution is -2.16. The van der Waals surface area contributed by atoms with Gasteiger partial charge in [0.2, 0.25) is 0 Å². The highest BCUT2D eigenvalue weighted by molar-refractivity contribution is 7.10. The predicted molar refractivity (Wildman–Crippen MR) is 66.4 cm³/mol. The van der Waals surface area contributed by atoms with Crippen molar-refractivity contribution in [2.24, 2.45) is 11.7 Å². The van der Waals surface area contributed by atoms with Gasteiger partial charge in [0.25, 0.3) is 0 Å². The molecule has 0 saturated carbocycles. The number of hydrogen-bond acceptors (Lipinski definition) is 4. The van der Waals surface area contributed by atoms with Gasteiger partial charge in [-0.05, 0) is 36.3 Å². The Bertz CT molecular complexity index is 349. The van der Waals surface area contributed by atoms with Crippen LogP contribution in [0, 0.1) is 12.8 Å². The van der Waals surface area contributed by atoms with E-state index < -0.39 is 0 Å². The number of rotatable bonds is 5. The molecular weight excluding hydrogens is 222 g/mol. The van der Waals surface area contributed by atoms with E-state index in [-0.39, 0.29) is 17.9 Å². The average molecular weight is 241 g/mol. The number of esters is 1. The minimum absolute atomic E-state index is 0.0275. The Balaban J connectivity index is 2.48. The lowest BCUT2D eigenvalue weighted by Gasteiger charge is -2.16. The number of thiophene rings is 1. The first-order valence-electron chi connectivity index (χ1n) is 5.41. The van der Waals surface area contributed by atoms with Crippen LogP contribution < -0.4 is 5.73 Å². The van der Waals surface area contributed by atoms with E-state index in [1.165, 1.54) is 17.6 Å². The maximum Gasteiger partial charge on any atom is 0.305 e. The molecule has 3 nitrogen and oxygen atoms in total. The van der Waals surface area contributed by atoms with E-state index >= 15 is 0 Å². The second-order valence-corrected chi connectivity index (χ2v) is 5.14. The van der Waals surface area contributed by atoms with Gasteiger partial charge in [-0.1, -0.05) is 6.92 Å². The highest BCUT2D eigenvalue weighted by atomic mass is 32.1. The first-order valence-corrected chi connectivity index (χ1v) is 6.29. The smallest absolute Gasteiger partial charge is 0.305 e. The third kappa shape index (κ3) is 3.61. The highest BCUT2D eigenvalue weighted by Crippen LogP contribution is 2.27. The molecule has 0 aliphatic rings. The van der Waals surface area contributed by atoms with Crippen LogP contribution in [0.5, 0.6) is 0 Å². The van der Waals surface area contributed by atoms with Gasteiger partial charge in [-0.2, -0.15) is 0 Å². The van der Waals surface area contributed by atoms with Crippen LogP contribution in [0.25, 0.3) is 0 Å². The number of ether oxygens (including phenoxy) is 1. The Morgan fingerprint density at radius 3 is 2.81 bits per heavy atom. The Hall–Kier alpha value is -0.870. The van der Waals surface area contributed by atoms with Crippen molar-refractivity contribution >= 4 is 17.3 Å². The number of carbonyl (C=O) groups is 1. The SMILES string of the molecule is COC(=O)CC(C)CC(N)c1sccc1C. The summed E-state index contributed by atoms with van der Waals surface area (Å²) in [6.07, 6.45) is 1.26. The van der Waals surface area contributed by atoms with Gasteiger partial charge in [-0.25, -0.2) is 0 Å². The van der Waals surface area contributed by atoms with Crippen LogP contribution in [0.4, 0.5) is 0 Å². The topological polar surface area (TPSA) is 52.3 Å². The maximum atomic E-state index is 11.1. The largest absolute Gasteiger partial charge is 0.469 e. The Labute approximate surface area is 101 Å². The lowest BCUT2D eigenvalue weighted by atomic mass is 9.97. The van der Waals surface area contributed by atoms with E-state index in [1.807, 2.05) is 6.92 Å². The molecular formula is C12H19NO2S. The van der Waals surface area contributed by atoms with Crippen LogP contribution >= 0.6 is 11.3 Å². The van der Waals surface area contributed by atoms with Gasteiger partial charge in [-0.3, -0.25) is 4.79 Å². The number of hydrogen-bond donors (Lipinski definition) is 1. The molecule has 0 radical (unpaired) electrons. The van der Waals surface area contributed by atoms with Crippen LogP contribution in [0.15, 0.2) is 11.4 Å². The molecule has 0 fully saturated rings. The molecule has 0 aliphatic carbocycles. The molecule has 0 spiro atoms. The standard InChI is InChI=1S/C12H19NO2S/c1-8(7-11(14)15-3)6-10(13)12-9(2)4-5-16-12/h4-5,8,10H,6-7,13H2,1-3H3. The number of aryl methyl sites for hydroxylation is 1. The summed E-state index contributed by atoms with van der Waals surface area (Å²) < 4.78 is 4.64. The average Bonchev–Trinajstić information content (AvgIpc) is 2.63. The van der Waals surface area contributed by atoms with Gasteiger partial charge in [0.05, 0.1) is 7.11 Å². The molecule has 2 N–H and O–H groups in total. The molecule has 1 aromatic rings. The monoisotopic (exact) mass is 241 g/mol. The normalized spacial score (nSPS) is 14.5. The fourth-order valence-corrected chi connectivity index (χ4v) is 2.70. The van der Waals surface area contributed by atoms with Crippen LogP contribution in [0.3, 0.4) is 0 Å². The lowest BCUT2D eigenvalue weighted by molar-refractivity contribution is -0.141. The zero-order valence-corrected chi connectivity index (χ0v) is 10.8. The zero-order valence-electron chi connectivity index (χ0n) is 10.0. The molecule has 0 bridgehead atoms. The molecule has 1 rings (SSSR count). The molecule has 0 aliphatic heterocycles. The van der Waals surface area contributed by atoms with Gasteiger partial charge in [-0.15, -0.1) is 11.3 Å². The van der Waals surface area contributed by atoms with Crippen molar-refractivity contribution in [1.82, 2.24) is 0 Å². The Kier molecular flexibility index (Phi) is 4.96. The first-order chi connectivity index (χ1) is 7.54. The van der Waals surface area contributed by atoms with Gasteiger partial charge >= 0.3 is 5.97 Å². The number of methoxy groups -OCH3 is 1. The second-order valence-electron chi connectivity index (χ2n) is 4.20. The van der Waals surface area contributed by atoms with Crippen molar-refractivity contribution in [2.75, 3.05) is 7.11 Å². The summed E-state index contributed by atoms with van der Waals surface area (Å²) in [7, 11) is 1.42. The summed E-state index contributed by atoms with van der Waals surface area (Å²) >= 11 is 1.68. The second kappa shape index (κ2) is 6.01. The molecule has 2 unspecified atom stereocenters. The Morgan fingerprint density at radius 2 is 2.31 bits per heavy atom. The molecule has 90 valence electrons. The fourth-order valence-electron chi connectivity index (χ4n) is 1.76. The van der Waals surface area contributed by atoms with Crippen LogP contribution in [0.2, 0.25) is 0 Å². The summed E-state index contributed by atoms with van der Waals surface area (Å²) in [6.45, 7) is 4.09. The highest BCUT2D eigenvalue weighted by Gasteiger charge is 2.16. The molecule has 1 aromatic heterocycles. The fraction of sp³-hybridized carbons (Fsp3) is 0.583. The maximum absolute atomic E-state index is 11.1. The van der Waals surface area contributed by atoms with Gasteiger partial charge < -0.3 is 10.5 Å². The summed E-state index contributed by atoms with van der Waals surface area (Å²) in [4.78, 5) is 12.3. The molecule has 2 atom stereocenters. The predicted octanol–water partition coefficient (Wildman–Crippen LogP) is 2.65. The molecule has 0 amide bonds. The molecule has 4 heteroatoms. The molecule has 1 heterocycles.